The third kappa shape index (κ3) is 3.89. The maximum absolute atomic E-state index is 12.3. The van der Waals surface area contributed by atoms with Gasteiger partial charge in [-0.3, -0.25) is 4.79 Å². The number of fused-ring (bicyclic) bond motifs is 2. The van der Waals surface area contributed by atoms with Crippen LogP contribution in [0.5, 0.6) is 0 Å². The molecule has 4 nitrogen and oxygen atoms in total. The number of carbonyl (C=O) groups is 1. The smallest absolute Gasteiger partial charge is 0.243 e. The van der Waals surface area contributed by atoms with Gasteiger partial charge in [0.15, 0.2) is 5.11 Å². The lowest BCUT2D eigenvalue weighted by atomic mass is 9.95. The van der Waals surface area contributed by atoms with E-state index in [9.17, 15) is 4.79 Å². The topological polar surface area (TPSA) is 44.4 Å². The fourth-order valence-electron chi connectivity index (χ4n) is 4.04. The van der Waals surface area contributed by atoms with E-state index in [1.165, 1.54) is 25.7 Å². The molecule has 5 heteroatoms. The average molecular weight is 346 g/mol. The van der Waals surface area contributed by atoms with Crippen molar-refractivity contribution in [3.63, 3.8) is 0 Å². The van der Waals surface area contributed by atoms with Crippen molar-refractivity contribution in [2.45, 2.75) is 45.6 Å². The number of likely N-dealkylation sites (N-methyl/N-ethyl adjacent to an activating group) is 1. The van der Waals surface area contributed by atoms with Gasteiger partial charge in [-0.05, 0) is 74.4 Å². The number of carbonyl (C=O) groups excluding carboxylic acids is 1. The van der Waals surface area contributed by atoms with Gasteiger partial charge in [0.2, 0.25) is 5.91 Å². The van der Waals surface area contributed by atoms with Gasteiger partial charge in [0.1, 0.15) is 0 Å². The van der Waals surface area contributed by atoms with Gasteiger partial charge in [0.05, 0.1) is 6.54 Å². The van der Waals surface area contributed by atoms with E-state index < -0.39 is 0 Å². The zero-order valence-corrected chi connectivity index (χ0v) is 15.6. The Labute approximate surface area is 150 Å². The molecule has 0 saturated heterocycles. The van der Waals surface area contributed by atoms with E-state index in [0.717, 1.165) is 28.7 Å². The van der Waals surface area contributed by atoms with Gasteiger partial charge in [-0.2, -0.15) is 0 Å². The number of thiocarbonyl (C=S) groups is 1. The van der Waals surface area contributed by atoms with Gasteiger partial charge in [-0.15, -0.1) is 0 Å². The molecule has 3 rings (SSSR count). The first kappa shape index (κ1) is 17.2. The molecule has 1 aromatic carbocycles. The summed E-state index contributed by atoms with van der Waals surface area (Å²) in [5.41, 5.74) is 3.08. The van der Waals surface area contributed by atoms with Crippen LogP contribution in [0.3, 0.4) is 0 Å². The first-order valence-corrected chi connectivity index (χ1v) is 9.22. The number of amides is 1. The molecule has 3 atom stereocenters. The second-order valence-corrected chi connectivity index (χ2v) is 7.84. The zero-order chi connectivity index (χ0) is 17.3. The van der Waals surface area contributed by atoms with Crippen LogP contribution in [0.25, 0.3) is 0 Å². The van der Waals surface area contributed by atoms with Crippen LogP contribution in [0, 0.1) is 25.7 Å². The number of hydrogen-bond acceptors (Lipinski definition) is 2. The van der Waals surface area contributed by atoms with Crippen LogP contribution in [0.4, 0.5) is 5.69 Å². The molecule has 2 fully saturated rings. The Morgan fingerprint density at radius 2 is 2.08 bits per heavy atom. The van der Waals surface area contributed by atoms with Crippen LogP contribution >= 0.6 is 12.2 Å². The van der Waals surface area contributed by atoms with Crippen molar-refractivity contribution in [1.82, 2.24) is 10.2 Å². The van der Waals surface area contributed by atoms with Gasteiger partial charge in [0, 0.05) is 18.8 Å². The van der Waals surface area contributed by atoms with E-state index in [1.807, 2.05) is 44.0 Å². The summed E-state index contributed by atoms with van der Waals surface area (Å²) < 4.78 is 0. The van der Waals surface area contributed by atoms with Crippen molar-refractivity contribution >= 4 is 28.9 Å². The van der Waals surface area contributed by atoms with Crippen molar-refractivity contribution in [3.8, 4) is 0 Å². The molecule has 24 heavy (non-hydrogen) atoms. The lowest BCUT2D eigenvalue weighted by Gasteiger charge is -2.28. The van der Waals surface area contributed by atoms with Crippen LogP contribution in [0.15, 0.2) is 18.2 Å². The highest BCUT2D eigenvalue weighted by Crippen LogP contribution is 2.44. The van der Waals surface area contributed by atoms with Gasteiger partial charge in [-0.25, -0.2) is 0 Å². The monoisotopic (exact) mass is 345 g/mol. The molecule has 2 aliphatic rings. The third-order valence-corrected chi connectivity index (χ3v) is 5.87. The lowest BCUT2D eigenvalue weighted by Crippen LogP contribution is -2.47. The molecule has 0 heterocycles. The fraction of sp³-hybridized carbons (Fsp3) is 0.579. The SMILES string of the molecule is Cc1ccc(C)c(NC(=O)CN(C)C(=S)N[C@@H]2C[C@H]3CC[C@H]2C3)c1. The molecular weight excluding hydrogens is 318 g/mol. The molecule has 0 aromatic heterocycles. The summed E-state index contributed by atoms with van der Waals surface area (Å²) >= 11 is 5.49. The minimum absolute atomic E-state index is 0.0386. The number of benzene rings is 1. The molecule has 1 amide bonds. The standard InChI is InChI=1S/C19H27N3OS/c1-12-4-5-13(2)16(8-12)20-18(23)11-22(3)19(24)21-17-10-14-6-7-15(17)9-14/h4-5,8,14-15,17H,6-7,9-11H2,1-3H3,(H,20,23)(H,21,24)/t14-,15-,17+/m0/s1. The number of rotatable bonds is 4. The maximum Gasteiger partial charge on any atom is 0.243 e. The van der Waals surface area contributed by atoms with Crippen LogP contribution in [-0.4, -0.2) is 35.6 Å². The summed E-state index contributed by atoms with van der Waals surface area (Å²) in [6.45, 7) is 4.29. The quantitative estimate of drug-likeness (QED) is 0.823. The Kier molecular flexibility index (Phi) is 5.09. The number of nitrogens with one attached hydrogen (secondary N) is 2. The fourth-order valence-corrected chi connectivity index (χ4v) is 4.25. The number of anilines is 1. The highest BCUT2D eigenvalue weighted by atomic mass is 32.1. The second-order valence-electron chi connectivity index (χ2n) is 7.45. The summed E-state index contributed by atoms with van der Waals surface area (Å²) in [6, 6.07) is 6.57. The minimum Gasteiger partial charge on any atom is -0.360 e. The summed E-state index contributed by atoms with van der Waals surface area (Å²) in [4.78, 5) is 14.2. The molecule has 0 radical (unpaired) electrons. The zero-order valence-electron chi connectivity index (χ0n) is 14.8. The van der Waals surface area contributed by atoms with Crippen LogP contribution in [-0.2, 0) is 4.79 Å². The van der Waals surface area contributed by atoms with Crippen molar-refractivity contribution in [2.24, 2.45) is 11.8 Å². The van der Waals surface area contributed by atoms with Crippen molar-refractivity contribution < 1.29 is 4.79 Å². The van der Waals surface area contributed by atoms with Gasteiger partial charge >= 0.3 is 0 Å². The van der Waals surface area contributed by atoms with E-state index in [2.05, 4.69) is 10.6 Å². The Morgan fingerprint density at radius 1 is 1.29 bits per heavy atom. The Morgan fingerprint density at radius 3 is 2.75 bits per heavy atom. The minimum atomic E-state index is -0.0386. The lowest BCUT2D eigenvalue weighted by molar-refractivity contribution is -0.116. The van der Waals surface area contributed by atoms with Crippen LogP contribution in [0.2, 0.25) is 0 Å². The summed E-state index contributed by atoms with van der Waals surface area (Å²) in [7, 11) is 1.88. The molecule has 0 unspecified atom stereocenters. The van der Waals surface area contributed by atoms with Crippen molar-refractivity contribution in [1.29, 1.82) is 0 Å². The Balaban J connectivity index is 1.50. The first-order valence-electron chi connectivity index (χ1n) is 8.81. The molecule has 2 saturated carbocycles. The number of hydrogen-bond donors (Lipinski definition) is 2. The third-order valence-electron chi connectivity index (χ3n) is 5.44. The molecule has 130 valence electrons. The van der Waals surface area contributed by atoms with Crippen molar-refractivity contribution in [3.05, 3.63) is 29.3 Å². The Hall–Kier alpha value is -1.62. The molecular formula is C19H27N3OS. The maximum atomic E-state index is 12.3. The van der Waals surface area contributed by atoms with E-state index in [-0.39, 0.29) is 12.5 Å². The molecule has 1 aromatic rings. The van der Waals surface area contributed by atoms with Gasteiger partial charge < -0.3 is 15.5 Å². The van der Waals surface area contributed by atoms with E-state index in [1.54, 1.807) is 0 Å². The molecule has 0 aliphatic heterocycles. The van der Waals surface area contributed by atoms with Crippen LogP contribution < -0.4 is 10.6 Å². The first-order chi connectivity index (χ1) is 11.4. The van der Waals surface area contributed by atoms with E-state index in [0.29, 0.717) is 11.2 Å². The second kappa shape index (κ2) is 7.09. The summed E-state index contributed by atoms with van der Waals surface area (Å²) in [5.74, 6) is 1.61. The Bertz CT molecular complexity index is 645. The highest BCUT2D eigenvalue weighted by molar-refractivity contribution is 7.80. The van der Waals surface area contributed by atoms with E-state index >= 15 is 0 Å². The van der Waals surface area contributed by atoms with Gasteiger partial charge in [0.25, 0.3) is 0 Å². The molecule has 0 spiro atoms. The normalized spacial score (nSPS) is 24.7. The predicted molar refractivity (Wildman–Crippen MR) is 102 cm³/mol. The molecule has 2 aliphatic carbocycles. The summed E-state index contributed by atoms with van der Waals surface area (Å²) in [5, 5.41) is 7.15. The highest BCUT2D eigenvalue weighted by Gasteiger charge is 2.39. The number of nitrogens with zero attached hydrogens (tertiary/aromatic N) is 1. The van der Waals surface area contributed by atoms with E-state index in [4.69, 9.17) is 12.2 Å². The average Bonchev–Trinajstić information content (AvgIpc) is 3.13. The molecule has 2 N–H and O–H groups in total. The number of aryl methyl sites for hydroxylation is 2. The largest absolute Gasteiger partial charge is 0.360 e. The summed E-state index contributed by atoms with van der Waals surface area (Å²) in [6.07, 6.45) is 5.27. The predicted octanol–water partition coefficient (Wildman–Crippen LogP) is 3.24. The van der Waals surface area contributed by atoms with Crippen LogP contribution in [0.1, 0.15) is 36.8 Å². The van der Waals surface area contributed by atoms with Gasteiger partial charge in [-0.1, -0.05) is 18.6 Å². The molecule has 2 bridgehead atoms. The van der Waals surface area contributed by atoms with Crippen molar-refractivity contribution in [2.75, 3.05) is 18.9 Å².